The van der Waals surface area contributed by atoms with Crippen LogP contribution in [-0.4, -0.2) is 9.97 Å². The van der Waals surface area contributed by atoms with Crippen LogP contribution in [0.4, 0.5) is 0 Å². The Kier molecular flexibility index (Phi) is 6.04. The molecule has 0 saturated carbocycles. The van der Waals surface area contributed by atoms with Crippen LogP contribution in [0.3, 0.4) is 0 Å². The first-order valence-corrected chi connectivity index (χ1v) is 14.6. The number of benzene rings is 3. The van der Waals surface area contributed by atoms with Crippen molar-refractivity contribution in [1.82, 2.24) is 9.97 Å². The molecule has 0 radical (unpaired) electrons. The lowest BCUT2D eigenvalue weighted by molar-refractivity contribution is 0.397. The summed E-state index contributed by atoms with van der Waals surface area (Å²) >= 11 is 0. The van der Waals surface area contributed by atoms with Crippen molar-refractivity contribution in [3.63, 3.8) is 0 Å². The molecule has 6 rings (SSSR count). The molecule has 0 amide bonds. The van der Waals surface area contributed by atoms with Crippen molar-refractivity contribution >= 4 is 32.4 Å². The molecule has 1 aliphatic heterocycles. The molecule has 40 heavy (non-hydrogen) atoms. The van der Waals surface area contributed by atoms with Gasteiger partial charge in [0.2, 0.25) is 5.88 Å². The van der Waals surface area contributed by atoms with Crippen LogP contribution < -0.4 is 4.74 Å². The second-order valence-electron chi connectivity index (χ2n) is 15.4. The highest BCUT2D eigenvalue weighted by Gasteiger charge is 2.30. The number of ether oxygens (including phenoxy) is 1. The van der Waals surface area contributed by atoms with Crippen molar-refractivity contribution < 1.29 is 4.74 Å². The van der Waals surface area contributed by atoms with E-state index < -0.39 is 0 Å². The average molecular weight is 531 g/mol. The summed E-state index contributed by atoms with van der Waals surface area (Å²) in [5, 5.41) is 5.86. The van der Waals surface area contributed by atoms with Gasteiger partial charge in [-0.15, -0.1) is 0 Å². The molecule has 3 aromatic carbocycles. The maximum Gasteiger partial charge on any atom is 0.229 e. The average Bonchev–Trinajstić information content (AvgIpc) is 2.82. The van der Waals surface area contributed by atoms with Crippen molar-refractivity contribution in [1.29, 1.82) is 0 Å². The molecule has 0 bridgehead atoms. The Morgan fingerprint density at radius 2 is 1.43 bits per heavy atom. The van der Waals surface area contributed by atoms with Gasteiger partial charge >= 0.3 is 0 Å². The number of pyridine rings is 2. The van der Waals surface area contributed by atoms with Crippen molar-refractivity contribution in [3.05, 3.63) is 71.4 Å². The Morgan fingerprint density at radius 1 is 0.700 bits per heavy atom. The monoisotopic (exact) mass is 530 g/mol. The van der Waals surface area contributed by atoms with Gasteiger partial charge in [0.1, 0.15) is 5.75 Å². The Morgan fingerprint density at radius 3 is 2.12 bits per heavy atom. The van der Waals surface area contributed by atoms with Crippen LogP contribution in [0.2, 0.25) is 0 Å². The molecule has 0 spiro atoms. The third-order valence-corrected chi connectivity index (χ3v) is 7.66. The lowest BCUT2D eigenvalue weighted by Gasteiger charge is -2.28. The minimum atomic E-state index is 0.0892. The summed E-state index contributed by atoms with van der Waals surface area (Å²) in [5.74, 6) is 1.59. The van der Waals surface area contributed by atoms with Crippen molar-refractivity contribution in [3.8, 4) is 22.9 Å². The van der Waals surface area contributed by atoms with E-state index in [9.17, 15) is 0 Å². The van der Waals surface area contributed by atoms with Gasteiger partial charge in [-0.05, 0) is 69.5 Å². The molecule has 3 heteroatoms. The Hall–Kier alpha value is -3.46. The van der Waals surface area contributed by atoms with E-state index >= 15 is 0 Å². The number of hydrogen-bond donors (Lipinski definition) is 0. The summed E-state index contributed by atoms with van der Waals surface area (Å²) in [6.07, 6.45) is 4.84. The third-order valence-electron chi connectivity index (χ3n) is 7.66. The Bertz CT molecular complexity index is 1790. The van der Waals surface area contributed by atoms with Gasteiger partial charge in [-0.2, -0.15) is 0 Å². The highest BCUT2D eigenvalue weighted by molar-refractivity contribution is 6.15. The summed E-state index contributed by atoms with van der Waals surface area (Å²) in [7, 11) is 0. The van der Waals surface area contributed by atoms with Crippen LogP contribution in [-0.2, 0) is 19.3 Å². The first-order valence-electron chi connectivity index (χ1n) is 14.6. The molecule has 0 N–H and O–H groups in total. The number of fused-ring (bicyclic) bond motifs is 5. The van der Waals surface area contributed by atoms with E-state index in [1.807, 2.05) is 6.20 Å². The summed E-state index contributed by atoms with van der Waals surface area (Å²) in [4.78, 5) is 10.2. The Labute approximate surface area is 239 Å². The van der Waals surface area contributed by atoms with Crippen LogP contribution in [0, 0.1) is 16.2 Å². The summed E-state index contributed by atoms with van der Waals surface area (Å²) in [6.45, 7) is 20.6. The van der Waals surface area contributed by atoms with Gasteiger partial charge < -0.3 is 4.74 Å². The van der Waals surface area contributed by atoms with Crippen LogP contribution >= 0.6 is 0 Å². The molecule has 1 aliphatic rings. The number of rotatable bonds is 3. The van der Waals surface area contributed by atoms with Gasteiger partial charge in [0.25, 0.3) is 0 Å². The molecule has 0 saturated heterocycles. The van der Waals surface area contributed by atoms with E-state index in [1.54, 1.807) is 0 Å². The standard InChI is InChI=1S/C37H42N2O/c1-35(2,3)19-22-13-14-25-24(17-22)18-28-32-30-26(15-16-38-32)27-12-10-11-23(20-36(4,5)6)31(27)39-34(30)40-33(28)29(25)21-37(7,8)9/h10-18H,19-21H2,1-9H3. The predicted octanol–water partition coefficient (Wildman–Crippen LogP) is 10.5. The van der Waals surface area contributed by atoms with Crippen LogP contribution in [0.1, 0.15) is 79.0 Å². The fourth-order valence-electron chi connectivity index (χ4n) is 6.32. The zero-order valence-electron chi connectivity index (χ0n) is 25.6. The number of aromatic nitrogens is 2. The van der Waals surface area contributed by atoms with Gasteiger partial charge in [0.15, 0.2) is 0 Å². The van der Waals surface area contributed by atoms with Gasteiger partial charge in [-0.25, -0.2) is 4.98 Å². The fraction of sp³-hybridized carbons (Fsp3) is 0.405. The van der Waals surface area contributed by atoms with Gasteiger partial charge in [0, 0.05) is 28.1 Å². The number of para-hydroxylation sites is 1. The quantitative estimate of drug-likeness (QED) is 0.213. The highest BCUT2D eigenvalue weighted by Crippen LogP contribution is 2.51. The molecule has 206 valence electrons. The summed E-state index contributed by atoms with van der Waals surface area (Å²) in [6, 6.07) is 18.0. The van der Waals surface area contributed by atoms with Crippen LogP contribution in [0.5, 0.6) is 11.6 Å². The fourth-order valence-corrected chi connectivity index (χ4v) is 6.32. The van der Waals surface area contributed by atoms with Crippen molar-refractivity contribution in [2.45, 2.75) is 81.6 Å². The maximum atomic E-state index is 6.89. The third kappa shape index (κ3) is 4.96. The minimum absolute atomic E-state index is 0.0892. The molecular formula is C37H42N2O. The highest BCUT2D eigenvalue weighted by atomic mass is 16.5. The number of hydrogen-bond acceptors (Lipinski definition) is 3. The number of nitrogens with zero attached hydrogens (tertiary/aromatic N) is 2. The van der Waals surface area contributed by atoms with Crippen LogP contribution in [0.25, 0.3) is 43.7 Å². The molecule has 3 nitrogen and oxygen atoms in total. The normalized spacial score (nSPS) is 13.6. The molecular weight excluding hydrogens is 488 g/mol. The predicted molar refractivity (Wildman–Crippen MR) is 170 cm³/mol. The second kappa shape index (κ2) is 9.03. The van der Waals surface area contributed by atoms with E-state index in [0.29, 0.717) is 5.88 Å². The summed E-state index contributed by atoms with van der Waals surface area (Å²) < 4.78 is 6.89. The molecule has 2 aromatic heterocycles. The first-order chi connectivity index (χ1) is 18.7. The van der Waals surface area contributed by atoms with Crippen molar-refractivity contribution in [2.24, 2.45) is 16.2 Å². The first kappa shape index (κ1) is 26.7. The molecule has 0 fully saturated rings. The maximum absolute atomic E-state index is 6.89. The molecule has 0 aliphatic carbocycles. The molecule has 5 aromatic rings. The largest absolute Gasteiger partial charge is 0.437 e. The smallest absolute Gasteiger partial charge is 0.229 e. The zero-order chi connectivity index (χ0) is 28.6. The second-order valence-corrected chi connectivity index (χ2v) is 15.4. The SMILES string of the molecule is CC(C)(C)Cc1ccc2c(CC(C)(C)C)c3c(cc2c1)-c1nccc2c1c(nc1c(CC(C)(C)C)cccc12)O3. The molecule has 0 unspecified atom stereocenters. The lowest BCUT2D eigenvalue weighted by Crippen LogP contribution is -2.13. The van der Waals surface area contributed by atoms with E-state index in [4.69, 9.17) is 14.7 Å². The Balaban J connectivity index is 1.65. The van der Waals surface area contributed by atoms with E-state index in [-0.39, 0.29) is 16.2 Å². The van der Waals surface area contributed by atoms with E-state index in [2.05, 4.69) is 111 Å². The minimum Gasteiger partial charge on any atom is -0.437 e. The van der Waals surface area contributed by atoms with Gasteiger partial charge in [-0.3, -0.25) is 4.98 Å². The van der Waals surface area contributed by atoms with E-state index in [0.717, 1.165) is 52.6 Å². The van der Waals surface area contributed by atoms with Crippen LogP contribution in [0.15, 0.2) is 54.7 Å². The van der Waals surface area contributed by atoms with Gasteiger partial charge in [0.05, 0.1) is 16.6 Å². The lowest BCUT2D eigenvalue weighted by atomic mass is 9.82. The molecule has 3 heterocycles. The molecule has 0 atom stereocenters. The topological polar surface area (TPSA) is 35.0 Å². The van der Waals surface area contributed by atoms with Gasteiger partial charge in [-0.1, -0.05) is 98.7 Å². The zero-order valence-corrected chi connectivity index (χ0v) is 25.6. The summed E-state index contributed by atoms with van der Waals surface area (Å²) in [5.41, 5.74) is 7.42. The van der Waals surface area contributed by atoms with E-state index in [1.165, 1.54) is 32.8 Å². The van der Waals surface area contributed by atoms with Crippen molar-refractivity contribution in [2.75, 3.05) is 0 Å².